The van der Waals surface area contributed by atoms with Crippen LogP contribution >= 0.6 is 0 Å². The molecule has 0 aromatic heterocycles. The second kappa shape index (κ2) is 7.80. The highest BCUT2D eigenvalue weighted by molar-refractivity contribution is 5.96. The van der Waals surface area contributed by atoms with Crippen molar-refractivity contribution in [2.24, 2.45) is 17.4 Å². The van der Waals surface area contributed by atoms with E-state index < -0.39 is 12.1 Å². The van der Waals surface area contributed by atoms with E-state index in [0.29, 0.717) is 30.3 Å². The van der Waals surface area contributed by atoms with Gasteiger partial charge in [0.1, 0.15) is 5.75 Å². The molecule has 2 rings (SSSR count). The number of carbonyl (C=O) groups is 2. The normalized spacial score (nSPS) is 16.4. The van der Waals surface area contributed by atoms with E-state index in [1.807, 2.05) is 0 Å². The summed E-state index contributed by atoms with van der Waals surface area (Å²) in [4.78, 5) is 23.2. The standard InChI is InChI=1S/C15H22N4O4/c1-22-12-8-10(2-3-11(12)19-15(17)21)18-14(20)13(16)9-4-6-23-7-5-9/h2-3,8-9,13H,4-7,16H2,1H3,(H,18,20)(H3,17,19,21). The molecular formula is C15H22N4O4. The molecule has 1 heterocycles. The second-order valence-corrected chi connectivity index (χ2v) is 5.37. The fraction of sp³-hybridized carbons (Fsp3) is 0.467. The zero-order chi connectivity index (χ0) is 16.8. The van der Waals surface area contributed by atoms with Gasteiger partial charge < -0.3 is 31.6 Å². The van der Waals surface area contributed by atoms with E-state index in [2.05, 4.69) is 10.6 Å². The Morgan fingerprint density at radius 2 is 2.00 bits per heavy atom. The van der Waals surface area contributed by atoms with Gasteiger partial charge in [-0.2, -0.15) is 0 Å². The summed E-state index contributed by atoms with van der Waals surface area (Å²) in [5.41, 5.74) is 12.1. The van der Waals surface area contributed by atoms with Crippen LogP contribution in [0.1, 0.15) is 12.8 Å². The van der Waals surface area contributed by atoms with Crippen molar-refractivity contribution < 1.29 is 19.1 Å². The molecule has 1 aliphatic heterocycles. The van der Waals surface area contributed by atoms with Crippen molar-refractivity contribution in [1.29, 1.82) is 0 Å². The van der Waals surface area contributed by atoms with Crippen LogP contribution in [-0.2, 0) is 9.53 Å². The van der Waals surface area contributed by atoms with Crippen molar-refractivity contribution in [2.75, 3.05) is 31.0 Å². The molecule has 8 nitrogen and oxygen atoms in total. The zero-order valence-electron chi connectivity index (χ0n) is 13.0. The summed E-state index contributed by atoms with van der Waals surface area (Å²) in [5, 5.41) is 5.21. The number of rotatable bonds is 5. The number of nitrogens with one attached hydrogen (secondary N) is 2. The number of methoxy groups -OCH3 is 1. The molecule has 1 aromatic rings. The highest BCUT2D eigenvalue weighted by Gasteiger charge is 2.26. The molecule has 0 aliphatic carbocycles. The van der Waals surface area contributed by atoms with Gasteiger partial charge in [-0.05, 0) is 30.9 Å². The van der Waals surface area contributed by atoms with Crippen LogP contribution in [0.3, 0.4) is 0 Å². The van der Waals surface area contributed by atoms with Gasteiger partial charge in [0, 0.05) is 25.0 Å². The van der Waals surface area contributed by atoms with Crippen molar-refractivity contribution in [1.82, 2.24) is 0 Å². The van der Waals surface area contributed by atoms with E-state index in [0.717, 1.165) is 12.8 Å². The van der Waals surface area contributed by atoms with Crippen molar-refractivity contribution in [3.63, 3.8) is 0 Å². The zero-order valence-corrected chi connectivity index (χ0v) is 13.0. The van der Waals surface area contributed by atoms with E-state index >= 15 is 0 Å². The Morgan fingerprint density at radius 3 is 2.61 bits per heavy atom. The van der Waals surface area contributed by atoms with Crippen molar-refractivity contribution in [2.45, 2.75) is 18.9 Å². The van der Waals surface area contributed by atoms with Crippen LogP contribution < -0.4 is 26.8 Å². The average molecular weight is 322 g/mol. The van der Waals surface area contributed by atoms with Gasteiger partial charge in [-0.3, -0.25) is 4.79 Å². The van der Waals surface area contributed by atoms with Gasteiger partial charge in [-0.15, -0.1) is 0 Å². The Hall–Kier alpha value is -2.32. The minimum absolute atomic E-state index is 0.112. The predicted octanol–water partition coefficient (Wildman–Crippen LogP) is 0.878. The Kier molecular flexibility index (Phi) is 5.78. The maximum absolute atomic E-state index is 12.3. The lowest BCUT2D eigenvalue weighted by Crippen LogP contribution is -2.44. The van der Waals surface area contributed by atoms with Gasteiger partial charge >= 0.3 is 6.03 Å². The SMILES string of the molecule is COc1cc(NC(=O)C(N)C2CCOCC2)ccc1NC(N)=O. The number of nitrogens with two attached hydrogens (primary N) is 2. The smallest absolute Gasteiger partial charge is 0.316 e. The molecule has 0 spiro atoms. The van der Waals surface area contributed by atoms with Gasteiger partial charge in [0.2, 0.25) is 5.91 Å². The average Bonchev–Trinajstić information content (AvgIpc) is 2.55. The summed E-state index contributed by atoms with van der Waals surface area (Å²) in [5.74, 6) is 0.247. The molecule has 1 saturated heterocycles. The molecule has 1 unspecified atom stereocenters. The predicted molar refractivity (Wildman–Crippen MR) is 86.3 cm³/mol. The first-order valence-corrected chi connectivity index (χ1v) is 7.40. The molecule has 6 N–H and O–H groups in total. The van der Waals surface area contributed by atoms with Gasteiger partial charge in [-0.1, -0.05) is 0 Å². The lowest BCUT2D eigenvalue weighted by Gasteiger charge is -2.26. The molecule has 126 valence electrons. The third kappa shape index (κ3) is 4.57. The Labute approximate surface area is 134 Å². The largest absolute Gasteiger partial charge is 0.494 e. The van der Waals surface area contributed by atoms with Crippen LogP contribution in [0.15, 0.2) is 18.2 Å². The Bertz CT molecular complexity index is 573. The third-order valence-corrected chi connectivity index (χ3v) is 3.80. The van der Waals surface area contributed by atoms with E-state index in [4.69, 9.17) is 20.9 Å². The van der Waals surface area contributed by atoms with Gasteiger partial charge in [-0.25, -0.2) is 4.79 Å². The molecule has 8 heteroatoms. The molecule has 0 radical (unpaired) electrons. The molecule has 3 amide bonds. The van der Waals surface area contributed by atoms with E-state index in [9.17, 15) is 9.59 Å². The van der Waals surface area contributed by atoms with Crippen LogP contribution in [0.4, 0.5) is 16.2 Å². The van der Waals surface area contributed by atoms with Crippen LogP contribution in [0.25, 0.3) is 0 Å². The summed E-state index contributed by atoms with van der Waals surface area (Å²) in [7, 11) is 1.46. The molecule has 1 aliphatic rings. The number of primary amides is 1. The van der Waals surface area contributed by atoms with Crippen molar-refractivity contribution in [3.05, 3.63) is 18.2 Å². The Balaban J connectivity index is 2.03. The van der Waals surface area contributed by atoms with E-state index in [1.165, 1.54) is 7.11 Å². The first kappa shape index (κ1) is 17.0. The monoisotopic (exact) mass is 322 g/mol. The molecule has 1 aromatic carbocycles. The number of hydrogen-bond acceptors (Lipinski definition) is 5. The van der Waals surface area contributed by atoms with Crippen LogP contribution in [0.2, 0.25) is 0 Å². The van der Waals surface area contributed by atoms with Crippen LogP contribution in [-0.4, -0.2) is 38.3 Å². The summed E-state index contributed by atoms with van der Waals surface area (Å²) < 4.78 is 10.5. The first-order chi connectivity index (χ1) is 11.0. The maximum Gasteiger partial charge on any atom is 0.316 e. The third-order valence-electron chi connectivity index (χ3n) is 3.80. The molecule has 0 bridgehead atoms. The van der Waals surface area contributed by atoms with Gasteiger partial charge in [0.15, 0.2) is 0 Å². The fourth-order valence-corrected chi connectivity index (χ4v) is 2.52. The topological polar surface area (TPSA) is 129 Å². The number of ether oxygens (including phenoxy) is 2. The van der Waals surface area contributed by atoms with Crippen LogP contribution in [0, 0.1) is 5.92 Å². The molecule has 1 fully saturated rings. The number of anilines is 2. The minimum atomic E-state index is -0.693. The van der Waals surface area contributed by atoms with E-state index in [-0.39, 0.29) is 11.8 Å². The number of urea groups is 1. The minimum Gasteiger partial charge on any atom is -0.494 e. The van der Waals surface area contributed by atoms with Gasteiger partial charge in [0.05, 0.1) is 18.8 Å². The molecule has 1 atom stereocenters. The lowest BCUT2D eigenvalue weighted by molar-refractivity contribution is -0.119. The first-order valence-electron chi connectivity index (χ1n) is 7.40. The summed E-state index contributed by atoms with van der Waals surface area (Å²) in [6, 6.07) is 3.55. The molecule has 0 saturated carbocycles. The lowest BCUT2D eigenvalue weighted by atomic mass is 9.92. The second-order valence-electron chi connectivity index (χ2n) is 5.37. The number of hydrogen-bond donors (Lipinski definition) is 4. The summed E-state index contributed by atoms with van der Waals surface area (Å²) in [6.07, 6.45) is 1.55. The van der Waals surface area contributed by atoms with Gasteiger partial charge in [0.25, 0.3) is 0 Å². The molecule has 23 heavy (non-hydrogen) atoms. The summed E-state index contributed by atoms with van der Waals surface area (Å²) >= 11 is 0. The maximum atomic E-state index is 12.3. The van der Waals surface area contributed by atoms with Crippen molar-refractivity contribution >= 4 is 23.3 Å². The Morgan fingerprint density at radius 1 is 1.30 bits per heavy atom. The highest BCUT2D eigenvalue weighted by atomic mass is 16.5. The molecular weight excluding hydrogens is 300 g/mol. The summed E-state index contributed by atoms with van der Waals surface area (Å²) in [6.45, 7) is 1.26. The number of amides is 3. The van der Waals surface area contributed by atoms with Crippen molar-refractivity contribution in [3.8, 4) is 5.75 Å². The van der Waals surface area contributed by atoms with E-state index in [1.54, 1.807) is 18.2 Å². The highest BCUT2D eigenvalue weighted by Crippen LogP contribution is 2.28. The van der Waals surface area contributed by atoms with Crippen LogP contribution in [0.5, 0.6) is 5.75 Å². The number of benzene rings is 1. The quantitative estimate of drug-likeness (QED) is 0.639. The number of carbonyl (C=O) groups excluding carboxylic acids is 2. The fourth-order valence-electron chi connectivity index (χ4n) is 2.52.